The first-order valence-corrected chi connectivity index (χ1v) is 11.9. The second-order valence-electron chi connectivity index (χ2n) is 9.02. The lowest BCUT2D eigenvalue weighted by Gasteiger charge is -2.21. The highest BCUT2D eigenvalue weighted by atomic mass is 16.6. The highest BCUT2D eigenvalue weighted by Crippen LogP contribution is 2.33. The van der Waals surface area contributed by atoms with Crippen molar-refractivity contribution < 1.29 is 23.8 Å². The maximum atomic E-state index is 12.6. The second-order valence-corrected chi connectivity index (χ2v) is 9.02. The summed E-state index contributed by atoms with van der Waals surface area (Å²) in [6.45, 7) is 2.66. The van der Waals surface area contributed by atoms with E-state index >= 15 is 0 Å². The molecule has 0 radical (unpaired) electrons. The van der Waals surface area contributed by atoms with Gasteiger partial charge in [0, 0.05) is 43.6 Å². The Hall–Kier alpha value is -4.12. The minimum Gasteiger partial charge on any atom is -0.482 e. The standard InChI is InChI=1S/C25H26N6O5/c1-34-23-5-3-18-24(29-23)20(6-8-26-18)30-9-7-15(12-30)27-11-17-13-31(25(33)36-17)16-2-4-21-19(10-16)28-22(32)14-35-21/h2-6,8,10,15,17,27H,7,9,11-14H2,1H3,(H,28,32)/t15-,17-/m1/s1. The van der Waals surface area contributed by atoms with E-state index in [9.17, 15) is 9.59 Å². The molecule has 1 aromatic carbocycles. The molecule has 0 spiro atoms. The molecule has 3 aliphatic rings. The average Bonchev–Trinajstić information content (AvgIpc) is 3.52. The lowest BCUT2D eigenvalue weighted by Crippen LogP contribution is -2.39. The van der Waals surface area contributed by atoms with Crippen molar-refractivity contribution in [3.8, 4) is 11.6 Å². The average molecular weight is 491 g/mol. The molecule has 36 heavy (non-hydrogen) atoms. The van der Waals surface area contributed by atoms with Gasteiger partial charge in [-0.15, -0.1) is 0 Å². The second kappa shape index (κ2) is 9.15. The van der Waals surface area contributed by atoms with Crippen LogP contribution >= 0.6 is 0 Å². The molecule has 2 aromatic heterocycles. The Kier molecular flexibility index (Phi) is 5.68. The normalized spacial score (nSPS) is 21.2. The predicted molar refractivity (Wildman–Crippen MR) is 133 cm³/mol. The van der Waals surface area contributed by atoms with Crippen LogP contribution in [0.3, 0.4) is 0 Å². The first-order valence-electron chi connectivity index (χ1n) is 11.9. The summed E-state index contributed by atoms with van der Waals surface area (Å²) in [5, 5.41) is 6.33. The molecule has 0 bridgehead atoms. The number of cyclic esters (lactones) is 1. The summed E-state index contributed by atoms with van der Waals surface area (Å²) < 4.78 is 16.3. The van der Waals surface area contributed by atoms with E-state index in [1.54, 1.807) is 36.4 Å². The van der Waals surface area contributed by atoms with Crippen LogP contribution in [0.25, 0.3) is 11.0 Å². The maximum absolute atomic E-state index is 12.6. The molecular weight excluding hydrogens is 464 g/mol. The molecule has 3 aromatic rings. The van der Waals surface area contributed by atoms with Gasteiger partial charge in [-0.2, -0.15) is 0 Å². The number of benzene rings is 1. The molecule has 2 fully saturated rings. The SMILES string of the molecule is COc1ccc2nccc(N3CC[C@@H](NC[C@@H]4CN(c5ccc6c(c5)NC(=O)CO6)C(=O)O4)C3)c2n1. The van der Waals surface area contributed by atoms with Crippen molar-refractivity contribution in [3.05, 3.63) is 42.6 Å². The van der Waals surface area contributed by atoms with E-state index in [2.05, 4.69) is 25.5 Å². The zero-order chi connectivity index (χ0) is 24.6. The third-order valence-corrected chi connectivity index (χ3v) is 6.69. The van der Waals surface area contributed by atoms with E-state index in [-0.39, 0.29) is 24.7 Å². The van der Waals surface area contributed by atoms with E-state index in [1.165, 1.54) is 0 Å². The predicted octanol–water partition coefficient (Wildman–Crippen LogP) is 2.16. The number of nitrogens with one attached hydrogen (secondary N) is 2. The molecule has 2 amide bonds. The fraction of sp³-hybridized carbons (Fsp3) is 0.360. The van der Waals surface area contributed by atoms with Crippen LogP contribution in [0.2, 0.25) is 0 Å². The van der Waals surface area contributed by atoms with Gasteiger partial charge in [-0.25, -0.2) is 9.78 Å². The van der Waals surface area contributed by atoms with Crippen molar-refractivity contribution in [1.29, 1.82) is 0 Å². The lowest BCUT2D eigenvalue weighted by atomic mass is 10.2. The number of carbonyl (C=O) groups excluding carboxylic acids is 2. The topological polar surface area (TPSA) is 118 Å². The monoisotopic (exact) mass is 490 g/mol. The summed E-state index contributed by atoms with van der Waals surface area (Å²) in [5.41, 5.74) is 3.90. The van der Waals surface area contributed by atoms with Gasteiger partial charge in [0.15, 0.2) is 6.61 Å². The number of anilines is 3. The van der Waals surface area contributed by atoms with Crippen LogP contribution in [0.5, 0.6) is 11.6 Å². The first kappa shape index (κ1) is 22.4. The van der Waals surface area contributed by atoms with Gasteiger partial charge in [0.2, 0.25) is 5.88 Å². The number of carbonyl (C=O) groups is 2. The zero-order valence-electron chi connectivity index (χ0n) is 19.8. The van der Waals surface area contributed by atoms with Crippen LogP contribution < -0.4 is 29.9 Å². The van der Waals surface area contributed by atoms with Gasteiger partial charge in [0.05, 0.1) is 30.5 Å². The van der Waals surface area contributed by atoms with Gasteiger partial charge in [0.1, 0.15) is 17.4 Å². The van der Waals surface area contributed by atoms with Crippen molar-refractivity contribution in [2.24, 2.45) is 0 Å². The number of amides is 2. The number of aromatic nitrogens is 2. The summed E-state index contributed by atoms with van der Waals surface area (Å²) in [4.78, 5) is 37.1. The molecule has 0 unspecified atom stereocenters. The Morgan fingerprint density at radius 2 is 2.11 bits per heavy atom. The molecular formula is C25H26N6O5. The molecule has 5 heterocycles. The van der Waals surface area contributed by atoms with Crippen molar-refractivity contribution in [1.82, 2.24) is 15.3 Å². The third kappa shape index (κ3) is 4.22. The molecule has 11 heteroatoms. The Labute approximate surface area is 207 Å². The highest BCUT2D eigenvalue weighted by Gasteiger charge is 2.34. The number of ether oxygens (including phenoxy) is 3. The molecule has 3 aliphatic heterocycles. The summed E-state index contributed by atoms with van der Waals surface area (Å²) in [6.07, 6.45) is 2.09. The molecule has 11 nitrogen and oxygen atoms in total. The van der Waals surface area contributed by atoms with Crippen LogP contribution in [0, 0.1) is 0 Å². The Balaban J connectivity index is 1.07. The summed E-state index contributed by atoms with van der Waals surface area (Å²) in [5.74, 6) is 0.934. The summed E-state index contributed by atoms with van der Waals surface area (Å²) in [7, 11) is 1.61. The molecule has 2 N–H and O–H groups in total. The Morgan fingerprint density at radius 3 is 3.00 bits per heavy atom. The maximum Gasteiger partial charge on any atom is 0.414 e. The number of rotatable bonds is 6. The number of nitrogens with zero attached hydrogens (tertiary/aromatic N) is 4. The van der Waals surface area contributed by atoms with Crippen LogP contribution in [0.4, 0.5) is 21.9 Å². The van der Waals surface area contributed by atoms with Crippen LogP contribution in [-0.2, 0) is 9.53 Å². The first-order chi connectivity index (χ1) is 17.6. The molecule has 6 rings (SSSR count). The van der Waals surface area contributed by atoms with E-state index in [4.69, 9.17) is 14.2 Å². The smallest absolute Gasteiger partial charge is 0.414 e. The van der Waals surface area contributed by atoms with Gasteiger partial charge in [-0.3, -0.25) is 14.7 Å². The molecule has 2 atom stereocenters. The van der Waals surface area contributed by atoms with Crippen LogP contribution in [-0.4, -0.2) is 74.0 Å². The van der Waals surface area contributed by atoms with Gasteiger partial charge in [0.25, 0.3) is 5.91 Å². The van der Waals surface area contributed by atoms with E-state index in [0.29, 0.717) is 36.1 Å². The number of fused-ring (bicyclic) bond motifs is 2. The number of hydrogen-bond acceptors (Lipinski definition) is 9. The third-order valence-electron chi connectivity index (χ3n) is 6.69. The van der Waals surface area contributed by atoms with Crippen molar-refractivity contribution in [2.45, 2.75) is 18.6 Å². The molecule has 0 aliphatic carbocycles. The fourth-order valence-electron chi connectivity index (χ4n) is 4.88. The molecule has 186 valence electrons. The van der Waals surface area contributed by atoms with Crippen molar-refractivity contribution in [2.75, 3.05) is 55.0 Å². The number of pyridine rings is 2. The largest absolute Gasteiger partial charge is 0.482 e. The fourth-order valence-corrected chi connectivity index (χ4v) is 4.88. The Morgan fingerprint density at radius 1 is 1.19 bits per heavy atom. The van der Waals surface area contributed by atoms with Gasteiger partial charge in [-0.05, 0) is 36.8 Å². The summed E-state index contributed by atoms with van der Waals surface area (Å²) >= 11 is 0. The zero-order valence-corrected chi connectivity index (χ0v) is 19.8. The summed E-state index contributed by atoms with van der Waals surface area (Å²) in [6, 6.07) is 11.3. The molecule has 2 saturated heterocycles. The van der Waals surface area contributed by atoms with Crippen molar-refractivity contribution >= 4 is 40.1 Å². The van der Waals surface area contributed by atoms with E-state index < -0.39 is 6.09 Å². The number of methoxy groups -OCH3 is 1. The van der Waals surface area contributed by atoms with E-state index in [0.717, 1.165) is 36.2 Å². The van der Waals surface area contributed by atoms with Crippen molar-refractivity contribution in [3.63, 3.8) is 0 Å². The quantitative estimate of drug-likeness (QED) is 0.536. The van der Waals surface area contributed by atoms with Gasteiger partial charge >= 0.3 is 6.09 Å². The molecule has 0 saturated carbocycles. The lowest BCUT2D eigenvalue weighted by molar-refractivity contribution is -0.118. The minimum atomic E-state index is -0.402. The Bertz CT molecular complexity index is 1330. The van der Waals surface area contributed by atoms with E-state index in [1.807, 2.05) is 18.2 Å². The number of hydrogen-bond donors (Lipinski definition) is 2. The van der Waals surface area contributed by atoms with Crippen LogP contribution in [0.1, 0.15) is 6.42 Å². The van der Waals surface area contributed by atoms with Crippen LogP contribution in [0.15, 0.2) is 42.6 Å². The highest BCUT2D eigenvalue weighted by molar-refractivity contribution is 5.97. The van der Waals surface area contributed by atoms with Gasteiger partial charge < -0.3 is 29.7 Å². The minimum absolute atomic E-state index is 0.00741. The van der Waals surface area contributed by atoms with Gasteiger partial charge in [-0.1, -0.05) is 0 Å².